The van der Waals surface area contributed by atoms with Gasteiger partial charge in [0.05, 0.1) is 11.7 Å². The summed E-state index contributed by atoms with van der Waals surface area (Å²) in [7, 11) is 0. The Kier molecular flexibility index (Phi) is 3.71. The third-order valence-corrected chi connectivity index (χ3v) is 2.48. The van der Waals surface area contributed by atoms with Crippen molar-refractivity contribution in [2.45, 2.75) is 6.10 Å². The van der Waals surface area contributed by atoms with E-state index in [0.29, 0.717) is 10.9 Å². The van der Waals surface area contributed by atoms with Crippen LogP contribution in [0.15, 0.2) is 6.33 Å². The Balaban J connectivity index is 3.12. The average Bonchev–Trinajstić information content (AvgIpc) is 2.03. The fourth-order valence-electron chi connectivity index (χ4n) is 0.707. The van der Waals surface area contributed by atoms with Crippen LogP contribution in [-0.2, 0) is 0 Å². The quantitative estimate of drug-likeness (QED) is 0.663. The first-order valence-electron chi connectivity index (χ1n) is 3.06. The van der Waals surface area contributed by atoms with E-state index in [-0.39, 0.29) is 10.3 Å². The minimum Gasteiger partial charge on any atom is -0.387 e. The summed E-state index contributed by atoms with van der Waals surface area (Å²) in [6.07, 6.45) is 0.473. The first kappa shape index (κ1) is 10.2. The van der Waals surface area contributed by atoms with E-state index in [1.54, 1.807) is 0 Å². The van der Waals surface area contributed by atoms with Crippen LogP contribution in [0.5, 0.6) is 0 Å². The molecular weight excluding hydrogens is 267 g/mol. The molecule has 0 bridgehead atoms. The van der Waals surface area contributed by atoms with Gasteiger partial charge in [0.1, 0.15) is 16.6 Å². The lowest BCUT2D eigenvalue weighted by atomic mass is 10.2. The SMILES string of the molecule is OC(CBr)c1c(Cl)ncnc1Cl. The van der Waals surface area contributed by atoms with Crippen molar-refractivity contribution >= 4 is 39.1 Å². The van der Waals surface area contributed by atoms with E-state index < -0.39 is 6.10 Å². The first-order chi connectivity index (χ1) is 5.66. The van der Waals surface area contributed by atoms with Gasteiger partial charge >= 0.3 is 0 Å². The molecule has 0 aliphatic heterocycles. The highest BCUT2D eigenvalue weighted by Crippen LogP contribution is 2.27. The predicted octanol–water partition coefficient (Wildman–Crippen LogP) is 2.21. The standard InChI is InChI=1S/C6H5BrCl2N2O/c7-1-3(12)4-5(8)10-2-11-6(4)9/h2-3,12H,1H2. The highest BCUT2D eigenvalue weighted by Gasteiger charge is 2.15. The zero-order chi connectivity index (χ0) is 9.14. The minimum absolute atomic E-state index is 0.182. The number of aliphatic hydroxyl groups is 1. The zero-order valence-corrected chi connectivity index (χ0v) is 8.94. The van der Waals surface area contributed by atoms with Crippen molar-refractivity contribution in [3.05, 3.63) is 22.2 Å². The van der Waals surface area contributed by atoms with Gasteiger partial charge in [-0.3, -0.25) is 0 Å². The van der Waals surface area contributed by atoms with E-state index in [4.69, 9.17) is 23.2 Å². The number of nitrogens with zero attached hydrogens (tertiary/aromatic N) is 2. The Morgan fingerprint density at radius 2 is 1.92 bits per heavy atom. The Bertz CT molecular complexity index is 264. The fourth-order valence-corrected chi connectivity index (χ4v) is 1.60. The second kappa shape index (κ2) is 4.37. The topological polar surface area (TPSA) is 46.0 Å². The highest BCUT2D eigenvalue weighted by atomic mass is 79.9. The van der Waals surface area contributed by atoms with Gasteiger partial charge in [0.25, 0.3) is 0 Å². The molecule has 1 aromatic rings. The molecule has 1 rings (SSSR count). The van der Waals surface area contributed by atoms with Crippen molar-refractivity contribution in [1.29, 1.82) is 0 Å². The van der Waals surface area contributed by atoms with Gasteiger partial charge in [0.15, 0.2) is 0 Å². The first-order valence-corrected chi connectivity index (χ1v) is 4.94. The van der Waals surface area contributed by atoms with Crippen LogP contribution in [-0.4, -0.2) is 20.4 Å². The molecule has 0 saturated carbocycles. The zero-order valence-electron chi connectivity index (χ0n) is 5.84. The van der Waals surface area contributed by atoms with Crippen molar-refractivity contribution in [3.63, 3.8) is 0 Å². The summed E-state index contributed by atoms with van der Waals surface area (Å²) in [4.78, 5) is 7.40. The normalized spacial score (nSPS) is 13.0. The van der Waals surface area contributed by atoms with Crippen LogP contribution < -0.4 is 0 Å². The minimum atomic E-state index is -0.772. The summed E-state index contributed by atoms with van der Waals surface area (Å²) in [6.45, 7) is 0. The maximum absolute atomic E-state index is 9.40. The molecule has 3 nitrogen and oxygen atoms in total. The molecule has 1 heterocycles. The molecule has 0 aromatic carbocycles. The Hall–Kier alpha value is 0.1000. The number of rotatable bonds is 2. The molecule has 0 spiro atoms. The van der Waals surface area contributed by atoms with E-state index in [9.17, 15) is 5.11 Å². The summed E-state index contributed by atoms with van der Waals surface area (Å²) in [5, 5.41) is 10.1. The van der Waals surface area contributed by atoms with Crippen LogP contribution in [0.1, 0.15) is 11.7 Å². The predicted molar refractivity (Wildman–Crippen MR) is 50.8 cm³/mol. The van der Waals surface area contributed by atoms with Gasteiger partial charge in [0, 0.05) is 5.33 Å². The van der Waals surface area contributed by atoms with Crippen molar-refractivity contribution in [1.82, 2.24) is 9.97 Å². The third-order valence-electron chi connectivity index (χ3n) is 1.27. The number of hydrogen-bond donors (Lipinski definition) is 1. The molecule has 1 aromatic heterocycles. The summed E-state index contributed by atoms with van der Waals surface area (Å²) < 4.78 is 0. The molecular formula is C6H5BrCl2N2O. The maximum atomic E-state index is 9.40. The van der Waals surface area contributed by atoms with E-state index in [0.717, 1.165) is 0 Å². The maximum Gasteiger partial charge on any atom is 0.139 e. The van der Waals surface area contributed by atoms with Crippen LogP contribution in [0.4, 0.5) is 0 Å². The molecule has 1 unspecified atom stereocenters. The fraction of sp³-hybridized carbons (Fsp3) is 0.333. The molecule has 0 amide bonds. The molecule has 6 heteroatoms. The van der Waals surface area contributed by atoms with Gasteiger partial charge in [-0.1, -0.05) is 39.1 Å². The largest absolute Gasteiger partial charge is 0.387 e. The summed E-state index contributed by atoms with van der Waals surface area (Å²) in [5.41, 5.74) is 0.359. The second-order valence-corrected chi connectivity index (χ2v) is 3.40. The Labute approximate surface area is 87.9 Å². The monoisotopic (exact) mass is 270 g/mol. The van der Waals surface area contributed by atoms with Gasteiger partial charge in [-0.25, -0.2) is 9.97 Å². The van der Waals surface area contributed by atoms with E-state index >= 15 is 0 Å². The molecule has 1 N–H and O–H groups in total. The van der Waals surface area contributed by atoms with E-state index in [1.165, 1.54) is 6.33 Å². The van der Waals surface area contributed by atoms with Crippen molar-refractivity contribution in [2.75, 3.05) is 5.33 Å². The summed E-state index contributed by atoms with van der Waals surface area (Å²) in [6, 6.07) is 0. The van der Waals surface area contributed by atoms with E-state index in [1.807, 2.05) is 0 Å². The molecule has 0 aliphatic rings. The molecule has 0 fully saturated rings. The highest BCUT2D eigenvalue weighted by molar-refractivity contribution is 9.09. The van der Waals surface area contributed by atoms with Gasteiger partial charge in [-0.2, -0.15) is 0 Å². The van der Waals surface area contributed by atoms with Crippen LogP contribution in [0, 0.1) is 0 Å². The molecule has 0 saturated heterocycles. The van der Waals surface area contributed by atoms with Crippen LogP contribution in [0.3, 0.4) is 0 Å². The van der Waals surface area contributed by atoms with E-state index in [2.05, 4.69) is 25.9 Å². The third kappa shape index (κ3) is 2.07. The molecule has 66 valence electrons. The van der Waals surface area contributed by atoms with Gasteiger partial charge < -0.3 is 5.11 Å². The van der Waals surface area contributed by atoms with Crippen LogP contribution in [0.2, 0.25) is 10.3 Å². The lowest BCUT2D eigenvalue weighted by Gasteiger charge is -2.08. The molecule has 12 heavy (non-hydrogen) atoms. The second-order valence-electron chi connectivity index (χ2n) is 2.04. The lowest BCUT2D eigenvalue weighted by molar-refractivity contribution is 0.205. The number of alkyl halides is 1. The van der Waals surface area contributed by atoms with Crippen molar-refractivity contribution in [3.8, 4) is 0 Å². The van der Waals surface area contributed by atoms with Crippen molar-refractivity contribution in [2.24, 2.45) is 0 Å². The number of aromatic nitrogens is 2. The van der Waals surface area contributed by atoms with Gasteiger partial charge in [0.2, 0.25) is 0 Å². The molecule has 0 aliphatic carbocycles. The van der Waals surface area contributed by atoms with Crippen LogP contribution >= 0.6 is 39.1 Å². The number of hydrogen-bond acceptors (Lipinski definition) is 3. The van der Waals surface area contributed by atoms with Gasteiger partial charge in [-0.05, 0) is 0 Å². The van der Waals surface area contributed by atoms with Gasteiger partial charge in [-0.15, -0.1) is 0 Å². The lowest BCUT2D eigenvalue weighted by Crippen LogP contribution is -2.02. The van der Waals surface area contributed by atoms with Crippen molar-refractivity contribution < 1.29 is 5.11 Å². The number of aliphatic hydroxyl groups excluding tert-OH is 1. The summed E-state index contributed by atoms with van der Waals surface area (Å²) in [5.74, 6) is 0. The van der Waals surface area contributed by atoms with Crippen LogP contribution in [0.25, 0.3) is 0 Å². The summed E-state index contributed by atoms with van der Waals surface area (Å²) >= 11 is 14.5. The smallest absolute Gasteiger partial charge is 0.139 e. The molecule has 0 radical (unpaired) electrons. The Morgan fingerprint density at radius 3 is 2.33 bits per heavy atom. The molecule has 1 atom stereocenters. The Morgan fingerprint density at radius 1 is 1.42 bits per heavy atom. The number of halogens is 3. The average molecular weight is 272 g/mol.